The maximum absolute atomic E-state index is 16.7. The highest BCUT2D eigenvalue weighted by atomic mass is 19.1. The first-order valence-electron chi connectivity index (χ1n) is 15.2. The van der Waals surface area contributed by atoms with Crippen LogP contribution in [0.5, 0.6) is 5.75 Å². The zero-order valence-electron chi connectivity index (χ0n) is 24.6. The molecule has 8 rings (SSSR count). The van der Waals surface area contributed by atoms with Crippen molar-refractivity contribution in [1.82, 2.24) is 4.90 Å². The monoisotopic (exact) mass is 623 g/mol. The number of nitrogens with zero attached hydrogens (tertiary/aromatic N) is 5. The lowest BCUT2D eigenvalue weighted by Crippen LogP contribution is -2.43. The lowest BCUT2D eigenvalue weighted by molar-refractivity contribution is 0.105. The lowest BCUT2D eigenvalue weighted by atomic mass is 9.87. The number of alkyl halides is 1. The van der Waals surface area contributed by atoms with Crippen LogP contribution in [0.15, 0.2) is 92.6 Å². The quantitative estimate of drug-likeness (QED) is 0.280. The Kier molecular flexibility index (Phi) is 6.65. The van der Waals surface area contributed by atoms with Crippen molar-refractivity contribution in [3.05, 3.63) is 94.4 Å². The number of rotatable bonds is 4. The van der Waals surface area contributed by atoms with Crippen LogP contribution in [0.1, 0.15) is 36.8 Å². The molecule has 5 aliphatic rings. The summed E-state index contributed by atoms with van der Waals surface area (Å²) >= 11 is 0. The van der Waals surface area contributed by atoms with Crippen LogP contribution in [0, 0.1) is 18.2 Å². The third kappa shape index (κ3) is 4.47. The number of terminal acetylenes is 1. The first kappa shape index (κ1) is 28.4. The van der Waals surface area contributed by atoms with E-state index >= 15 is 4.39 Å². The van der Waals surface area contributed by atoms with Gasteiger partial charge in [-0.25, -0.2) is 8.78 Å². The second kappa shape index (κ2) is 10.8. The van der Waals surface area contributed by atoms with Crippen LogP contribution in [-0.2, 0) is 9.57 Å². The van der Waals surface area contributed by atoms with Crippen molar-refractivity contribution in [1.29, 1.82) is 0 Å². The average Bonchev–Trinajstić information content (AvgIpc) is 3.53. The van der Waals surface area contributed by atoms with E-state index in [-0.39, 0.29) is 46.2 Å². The van der Waals surface area contributed by atoms with Crippen LogP contribution in [0.4, 0.5) is 18.9 Å². The molecule has 0 aliphatic carbocycles. The molecule has 5 heterocycles. The first-order chi connectivity index (χ1) is 22.3. The van der Waals surface area contributed by atoms with Gasteiger partial charge in [-0.05, 0) is 55.1 Å². The molecule has 0 bridgehead atoms. The molecule has 11 heteroatoms. The largest absolute Gasteiger partial charge is 0.508 e. The Morgan fingerprint density at radius 1 is 1.09 bits per heavy atom. The Bertz CT molecular complexity index is 2000. The van der Waals surface area contributed by atoms with Gasteiger partial charge in [-0.1, -0.05) is 35.3 Å². The fraction of sp³-hybridized carbons (Fsp3) is 0.286. The topological polar surface area (TPSA) is 82.2 Å². The van der Waals surface area contributed by atoms with E-state index in [0.29, 0.717) is 48.5 Å². The number of phenols is 1. The van der Waals surface area contributed by atoms with Gasteiger partial charge < -0.3 is 19.6 Å². The van der Waals surface area contributed by atoms with Crippen molar-refractivity contribution in [3.8, 4) is 18.1 Å². The van der Waals surface area contributed by atoms with Crippen molar-refractivity contribution in [3.63, 3.8) is 0 Å². The highest BCUT2D eigenvalue weighted by molar-refractivity contribution is 6.30. The van der Waals surface area contributed by atoms with Crippen LogP contribution < -0.4 is 4.90 Å². The minimum Gasteiger partial charge on any atom is -0.508 e. The average molecular weight is 624 g/mol. The number of ether oxygens (including phenoxy) is 1. The van der Waals surface area contributed by atoms with Gasteiger partial charge in [0.05, 0.1) is 22.2 Å². The van der Waals surface area contributed by atoms with Gasteiger partial charge in [0.25, 0.3) is 0 Å². The summed E-state index contributed by atoms with van der Waals surface area (Å²) < 4.78 is 52.3. The molecule has 0 radical (unpaired) electrons. The number of para-hydroxylation sites is 1. The maximum atomic E-state index is 16.7. The highest BCUT2D eigenvalue weighted by Crippen LogP contribution is 2.43. The minimum atomic E-state index is -0.960. The zero-order chi connectivity index (χ0) is 31.6. The summed E-state index contributed by atoms with van der Waals surface area (Å²) in [6.45, 7) is 1.66. The number of hydrogen-bond donors (Lipinski definition) is 1. The molecule has 3 aromatic carbocycles. The third-order valence-electron chi connectivity index (χ3n) is 9.41. The van der Waals surface area contributed by atoms with Crippen molar-refractivity contribution < 1.29 is 27.9 Å². The van der Waals surface area contributed by atoms with E-state index in [1.807, 2.05) is 35.2 Å². The summed E-state index contributed by atoms with van der Waals surface area (Å²) in [5, 5.41) is 15.7. The van der Waals surface area contributed by atoms with E-state index in [1.165, 1.54) is 24.3 Å². The lowest BCUT2D eigenvalue weighted by Gasteiger charge is -2.35. The number of fused-ring (bicyclic) bond motifs is 2. The molecular formula is C35H28F3N5O3. The molecule has 2 atom stereocenters. The Balaban J connectivity index is 1.30. The van der Waals surface area contributed by atoms with Crippen molar-refractivity contribution in [2.75, 3.05) is 31.1 Å². The Labute approximate surface area is 262 Å². The van der Waals surface area contributed by atoms with Crippen LogP contribution in [0.3, 0.4) is 0 Å². The number of phenolic OH excluding ortho intramolecular Hbond substituents is 1. The second-order valence-corrected chi connectivity index (χ2v) is 12.1. The molecule has 0 aromatic heterocycles. The predicted octanol–water partition coefficient (Wildman–Crippen LogP) is 6.11. The van der Waals surface area contributed by atoms with Gasteiger partial charge in [-0.3, -0.25) is 4.90 Å². The summed E-state index contributed by atoms with van der Waals surface area (Å²) in [5.74, 6) is 1.32. The van der Waals surface area contributed by atoms with E-state index in [0.717, 1.165) is 25.1 Å². The molecule has 0 unspecified atom stereocenters. The molecule has 8 nitrogen and oxygen atoms in total. The van der Waals surface area contributed by atoms with E-state index in [9.17, 15) is 13.9 Å². The standard InChI is InChI=1S/C35H28F3N5O3/c1-2-24-26(37)10-9-20-15-23(44)16-25(28(20)24)31-30-29-27(46-41-31)11-14-43(22-7-4-3-5-8-22)33(29)40-34(39-32(30)38)45-19-35-12-6-13-42(35)18-21(36)17-35/h1,3-5,7-10,15-16,21,44H,6,11-14,17-19H2/t21-,35+/m1/s1. The van der Waals surface area contributed by atoms with E-state index < -0.39 is 23.5 Å². The molecule has 2 fully saturated rings. The summed E-state index contributed by atoms with van der Waals surface area (Å²) in [4.78, 5) is 18.9. The normalized spacial score (nSPS) is 24.1. The second-order valence-electron chi connectivity index (χ2n) is 12.1. The van der Waals surface area contributed by atoms with Crippen LogP contribution in [0.2, 0.25) is 0 Å². The number of anilines is 1. The first-order valence-corrected chi connectivity index (χ1v) is 15.2. The summed E-state index contributed by atoms with van der Waals surface area (Å²) in [6.07, 6.45) is 7.15. The Hall–Kier alpha value is -5.08. The number of oxime groups is 1. The van der Waals surface area contributed by atoms with Crippen molar-refractivity contribution >= 4 is 34.0 Å². The Morgan fingerprint density at radius 3 is 2.76 bits per heavy atom. The van der Waals surface area contributed by atoms with Crippen molar-refractivity contribution in [2.45, 2.75) is 37.4 Å². The van der Waals surface area contributed by atoms with E-state index in [2.05, 4.69) is 21.0 Å². The Morgan fingerprint density at radius 2 is 1.93 bits per heavy atom. The fourth-order valence-corrected chi connectivity index (χ4v) is 7.39. The van der Waals surface area contributed by atoms with Crippen molar-refractivity contribution in [2.24, 2.45) is 15.1 Å². The molecule has 1 N–H and O–H groups in total. The van der Waals surface area contributed by atoms with Crippen LogP contribution >= 0.6 is 0 Å². The fourth-order valence-electron chi connectivity index (χ4n) is 7.39. The molecule has 5 aliphatic heterocycles. The van der Waals surface area contributed by atoms with Gasteiger partial charge in [0, 0.05) is 42.6 Å². The highest BCUT2D eigenvalue weighted by Gasteiger charge is 2.50. The molecular weight excluding hydrogens is 595 g/mol. The zero-order valence-corrected chi connectivity index (χ0v) is 24.6. The number of hydrogen-bond acceptors (Lipinski definition) is 8. The van der Waals surface area contributed by atoms with Gasteiger partial charge in [0.15, 0.2) is 0 Å². The van der Waals surface area contributed by atoms with Gasteiger partial charge in [-0.15, -0.1) is 6.42 Å². The van der Waals surface area contributed by atoms with Gasteiger partial charge >= 0.3 is 6.02 Å². The van der Waals surface area contributed by atoms with E-state index in [4.69, 9.17) is 21.0 Å². The number of aliphatic imine (C=N–C) groups is 2. The summed E-state index contributed by atoms with van der Waals surface area (Å²) in [6, 6.07) is 14.8. The predicted molar refractivity (Wildman–Crippen MR) is 169 cm³/mol. The molecule has 0 spiro atoms. The number of aromatic hydroxyl groups is 1. The summed E-state index contributed by atoms with van der Waals surface area (Å²) in [7, 11) is 0. The van der Waals surface area contributed by atoms with Gasteiger partial charge in [0.1, 0.15) is 41.7 Å². The molecule has 0 saturated carbocycles. The molecule has 2 saturated heterocycles. The third-order valence-corrected chi connectivity index (χ3v) is 9.41. The summed E-state index contributed by atoms with van der Waals surface area (Å²) in [5.41, 5.74) is 0.605. The van der Waals surface area contributed by atoms with Gasteiger partial charge in [0.2, 0.25) is 5.95 Å². The minimum absolute atomic E-state index is 0.0384. The van der Waals surface area contributed by atoms with E-state index in [1.54, 1.807) is 0 Å². The van der Waals surface area contributed by atoms with Crippen LogP contribution in [0.25, 0.3) is 10.8 Å². The van der Waals surface area contributed by atoms with Crippen LogP contribution in [-0.4, -0.2) is 65.5 Å². The SMILES string of the molecule is C#Cc1c(F)ccc2cc(O)cc(C3=NOC4=C5C(=NC(OC[C@@]67CCCN6C[C@H](F)C7)=NC(F)=C35)N(c3ccccc3)CC4)c12. The smallest absolute Gasteiger partial charge is 0.321 e. The molecule has 3 aromatic rings. The number of benzene rings is 3. The maximum Gasteiger partial charge on any atom is 0.321 e. The number of amidine groups is 2. The molecule has 46 heavy (non-hydrogen) atoms. The number of halogens is 3. The van der Waals surface area contributed by atoms with Gasteiger partial charge in [-0.2, -0.15) is 14.4 Å². The molecule has 232 valence electrons. The molecule has 0 amide bonds.